The number of hydrogen-bond donors (Lipinski definition) is 0. The molecule has 2 saturated heterocycles. The Balaban J connectivity index is 1.35. The summed E-state index contributed by atoms with van der Waals surface area (Å²) in [6, 6.07) is 28.8. The normalized spacial score (nSPS) is 26.9. The van der Waals surface area contributed by atoms with Gasteiger partial charge in [0.15, 0.2) is 0 Å². The smallest absolute Gasteiger partial charge is 0.144 e. The molecule has 4 nitrogen and oxygen atoms in total. The molecule has 0 saturated carbocycles. The Hall–Kier alpha value is -2.50. The molecule has 160 valence electrons. The Morgan fingerprint density at radius 1 is 0.839 bits per heavy atom. The highest BCUT2D eigenvalue weighted by molar-refractivity contribution is 5.32. The van der Waals surface area contributed by atoms with E-state index >= 15 is 0 Å². The maximum absolute atomic E-state index is 6.68. The molecule has 0 aliphatic carbocycles. The van der Waals surface area contributed by atoms with Gasteiger partial charge in [-0.3, -0.25) is 0 Å². The molecule has 3 aromatic carbocycles. The summed E-state index contributed by atoms with van der Waals surface area (Å²) in [6.45, 7) is 4.09. The van der Waals surface area contributed by atoms with Gasteiger partial charge in [-0.1, -0.05) is 84.9 Å². The van der Waals surface area contributed by atoms with Crippen LogP contribution in [-0.2, 0) is 32.2 Å². The van der Waals surface area contributed by atoms with Gasteiger partial charge >= 0.3 is 0 Å². The van der Waals surface area contributed by atoms with Crippen LogP contribution < -0.4 is 0 Å². The van der Waals surface area contributed by atoms with Gasteiger partial charge in [0.2, 0.25) is 0 Å². The summed E-state index contributed by atoms with van der Waals surface area (Å²) >= 11 is 0. The maximum atomic E-state index is 6.68. The molecule has 5 rings (SSSR count). The van der Waals surface area contributed by atoms with Crippen LogP contribution in [0.2, 0.25) is 0 Å². The summed E-state index contributed by atoms with van der Waals surface area (Å²) in [4.78, 5) is 0. The minimum absolute atomic E-state index is 0.148. The first-order chi connectivity index (χ1) is 15.3. The summed E-state index contributed by atoms with van der Waals surface area (Å²) in [5, 5.41) is 0. The first-order valence-corrected chi connectivity index (χ1v) is 10.9. The molecule has 0 amide bonds. The quantitative estimate of drug-likeness (QED) is 0.518. The van der Waals surface area contributed by atoms with E-state index in [-0.39, 0.29) is 18.3 Å². The van der Waals surface area contributed by atoms with Crippen LogP contribution >= 0.6 is 0 Å². The third-order valence-electron chi connectivity index (χ3n) is 6.22. The molecular weight excluding hydrogens is 388 g/mol. The lowest BCUT2D eigenvalue weighted by atomic mass is 9.95. The van der Waals surface area contributed by atoms with Crippen molar-refractivity contribution in [3.8, 4) is 0 Å². The number of ether oxygens (including phenoxy) is 4. The molecule has 2 heterocycles. The van der Waals surface area contributed by atoms with Crippen LogP contribution in [0.4, 0.5) is 0 Å². The summed E-state index contributed by atoms with van der Waals surface area (Å²) in [7, 11) is 0. The van der Waals surface area contributed by atoms with Crippen molar-refractivity contribution in [2.45, 2.75) is 44.1 Å². The van der Waals surface area contributed by atoms with E-state index in [2.05, 4.69) is 55.5 Å². The fourth-order valence-corrected chi connectivity index (χ4v) is 4.60. The van der Waals surface area contributed by atoms with Crippen molar-refractivity contribution in [2.75, 3.05) is 13.2 Å². The van der Waals surface area contributed by atoms with Gasteiger partial charge in [-0.05, 0) is 29.2 Å². The zero-order valence-corrected chi connectivity index (χ0v) is 17.8. The summed E-state index contributed by atoms with van der Waals surface area (Å²) in [5.41, 5.74) is 4.03. The van der Waals surface area contributed by atoms with E-state index in [9.17, 15) is 0 Å². The van der Waals surface area contributed by atoms with Crippen LogP contribution in [-0.4, -0.2) is 31.0 Å². The van der Waals surface area contributed by atoms with Gasteiger partial charge in [0.25, 0.3) is 0 Å². The van der Waals surface area contributed by atoms with Crippen LogP contribution in [0.5, 0.6) is 0 Å². The molecule has 4 atom stereocenters. The lowest BCUT2D eigenvalue weighted by molar-refractivity contribution is -0.176. The van der Waals surface area contributed by atoms with Crippen molar-refractivity contribution in [3.05, 3.63) is 107 Å². The van der Waals surface area contributed by atoms with Gasteiger partial charge in [0.05, 0.1) is 26.4 Å². The lowest BCUT2D eigenvalue weighted by Crippen LogP contribution is -2.46. The second kappa shape index (κ2) is 8.93. The van der Waals surface area contributed by atoms with Gasteiger partial charge < -0.3 is 18.9 Å². The zero-order valence-electron chi connectivity index (χ0n) is 17.8. The molecule has 3 aromatic rings. The predicted molar refractivity (Wildman–Crippen MR) is 119 cm³/mol. The molecular formula is C27H28O4. The standard InChI is InChI=1S/C27H28O4/c1-20-10-8-9-15-23(20)24-25-26(29-17-22-13-6-3-7-14-22)27(31-24,19-30-25)18-28-16-21-11-4-2-5-12-21/h2-15,24-26H,16-19H2,1H3. The fourth-order valence-electron chi connectivity index (χ4n) is 4.60. The Bertz CT molecular complexity index is 990. The molecule has 0 spiro atoms. The molecule has 4 heteroatoms. The second-order valence-corrected chi connectivity index (χ2v) is 8.43. The highest BCUT2D eigenvalue weighted by Gasteiger charge is 2.62. The van der Waals surface area contributed by atoms with Crippen LogP contribution in [0.25, 0.3) is 0 Å². The minimum Gasteiger partial charge on any atom is -0.374 e. The van der Waals surface area contributed by atoms with Gasteiger partial charge in [-0.25, -0.2) is 0 Å². The maximum Gasteiger partial charge on any atom is 0.144 e. The van der Waals surface area contributed by atoms with E-state index in [1.54, 1.807) is 0 Å². The number of aryl methyl sites for hydroxylation is 1. The topological polar surface area (TPSA) is 36.9 Å². The van der Waals surface area contributed by atoms with E-state index in [0.717, 1.165) is 16.7 Å². The third kappa shape index (κ3) is 4.17. The molecule has 0 N–H and O–H groups in total. The Kier molecular flexibility index (Phi) is 5.88. The van der Waals surface area contributed by atoms with Crippen LogP contribution in [0, 0.1) is 6.92 Å². The van der Waals surface area contributed by atoms with E-state index < -0.39 is 5.60 Å². The van der Waals surface area contributed by atoms with Crippen LogP contribution in [0.1, 0.15) is 28.4 Å². The fraction of sp³-hybridized carbons (Fsp3) is 0.333. The summed E-state index contributed by atoms with van der Waals surface area (Å²) in [5.74, 6) is 0. The molecule has 4 unspecified atom stereocenters. The van der Waals surface area contributed by atoms with Crippen molar-refractivity contribution < 1.29 is 18.9 Å². The predicted octanol–water partition coefficient (Wildman–Crippen LogP) is 5.01. The first kappa shape index (κ1) is 20.4. The van der Waals surface area contributed by atoms with Crippen molar-refractivity contribution in [1.29, 1.82) is 0 Å². The van der Waals surface area contributed by atoms with Gasteiger partial charge in [-0.15, -0.1) is 0 Å². The molecule has 31 heavy (non-hydrogen) atoms. The molecule has 2 aliphatic rings. The highest BCUT2D eigenvalue weighted by Crippen LogP contribution is 2.49. The molecule has 2 bridgehead atoms. The van der Waals surface area contributed by atoms with Gasteiger partial charge in [0.1, 0.15) is 23.9 Å². The second-order valence-electron chi connectivity index (χ2n) is 8.43. The van der Waals surface area contributed by atoms with Crippen molar-refractivity contribution in [2.24, 2.45) is 0 Å². The van der Waals surface area contributed by atoms with E-state index in [1.165, 1.54) is 5.56 Å². The minimum atomic E-state index is -0.610. The molecule has 0 aromatic heterocycles. The third-order valence-corrected chi connectivity index (χ3v) is 6.22. The number of benzene rings is 3. The van der Waals surface area contributed by atoms with Gasteiger partial charge in [-0.2, -0.15) is 0 Å². The largest absolute Gasteiger partial charge is 0.374 e. The van der Waals surface area contributed by atoms with E-state index in [1.807, 2.05) is 36.4 Å². The van der Waals surface area contributed by atoms with E-state index in [0.29, 0.717) is 26.4 Å². The van der Waals surface area contributed by atoms with Crippen molar-refractivity contribution in [3.63, 3.8) is 0 Å². The average Bonchev–Trinajstić information content (AvgIpc) is 3.31. The number of hydrogen-bond acceptors (Lipinski definition) is 4. The molecule has 0 radical (unpaired) electrons. The van der Waals surface area contributed by atoms with Gasteiger partial charge in [0, 0.05) is 0 Å². The SMILES string of the molecule is Cc1ccccc1C1OC2(COCc3ccccc3)COC1C2OCc1ccccc1. The van der Waals surface area contributed by atoms with E-state index in [4.69, 9.17) is 18.9 Å². The molecule has 2 fully saturated rings. The van der Waals surface area contributed by atoms with Crippen LogP contribution in [0.15, 0.2) is 84.9 Å². The van der Waals surface area contributed by atoms with Crippen molar-refractivity contribution >= 4 is 0 Å². The number of fused-ring (bicyclic) bond motifs is 2. The highest BCUT2D eigenvalue weighted by atomic mass is 16.7. The Morgan fingerprint density at radius 3 is 2.19 bits per heavy atom. The summed E-state index contributed by atoms with van der Waals surface area (Å²) < 4.78 is 25.5. The first-order valence-electron chi connectivity index (χ1n) is 10.9. The van der Waals surface area contributed by atoms with Crippen molar-refractivity contribution in [1.82, 2.24) is 0 Å². The Morgan fingerprint density at radius 2 is 1.48 bits per heavy atom. The van der Waals surface area contributed by atoms with Crippen LogP contribution in [0.3, 0.4) is 0 Å². The Labute approximate surface area is 183 Å². The monoisotopic (exact) mass is 416 g/mol. The molecule has 2 aliphatic heterocycles. The lowest BCUT2D eigenvalue weighted by Gasteiger charge is -2.31. The number of rotatable bonds is 8. The average molecular weight is 417 g/mol. The summed E-state index contributed by atoms with van der Waals surface area (Å²) in [6.07, 6.45) is -0.491. The zero-order chi connectivity index (χ0) is 21.1.